The van der Waals surface area contributed by atoms with Crippen LogP contribution in [0.3, 0.4) is 0 Å². The van der Waals surface area contributed by atoms with Crippen LogP contribution in [0.5, 0.6) is 0 Å². The molecule has 0 aliphatic rings. The van der Waals surface area contributed by atoms with Crippen molar-refractivity contribution in [3.63, 3.8) is 0 Å². The van der Waals surface area contributed by atoms with Crippen molar-refractivity contribution in [2.24, 2.45) is 0 Å². The lowest BCUT2D eigenvalue weighted by atomic mass is 9.97. The highest BCUT2D eigenvalue weighted by molar-refractivity contribution is 6.19. The van der Waals surface area contributed by atoms with E-state index in [2.05, 4.69) is 173 Å². The Balaban J connectivity index is 1.35. The molecule has 0 spiro atoms. The predicted octanol–water partition coefficient (Wildman–Crippen LogP) is 13.6. The van der Waals surface area contributed by atoms with Crippen LogP contribution >= 0.6 is 0 Å². The van der Waals surface area contributed by atoms with Gasteiger partial charge in [0.15, 0.2) is 5.82 Å². The van der Waals surface area contributed by atoms with Crippen molar-refractivity contribution in [3.05, 3.63) is 194 Å². The van der Waals surface area contributed by atoms with Crippen LogP contribution in [-0.2, 0) is 0 Å². The van der Waals surface area contributed by atoms with E-state index in [1.165, 1.54) is 21.5 Å². The van der Waals surface area contributed by atoms with Crippen LogP contribution in [0.15, 0.2) is 199 Å². The van der Waals surface area contributed by atoms with Gasteiger partial charge < -0.3 is 13.6 Å². The van der Waals surface area contributed by atoms with Gasteiger partial charge in [-0.2, -0.15) is 0 Å². The zero-order chi connectivity index (χ0) is 37.5. The minimum Gasteiger partial charge on any atom is -0.456 e. The predicted molar refractivity (Wildman–Crippen MR) is 234 cm³/mol. The van der Waals surface area contributed by atoms with E-state index in [9.17, 15) is 0 Å². The molecule has 4 aromatic heterocycles. The molecule has 0 N–H and O–H groups in total. The van der Waals surface area contributed by atoms with Crippen molar-refractivity contribution in [1.82, 2.24) is 19.1 Å². The first-order valence-electron chi connectivity index (χ1n) is 19.3. The smallest absolute Gasteiger partial charge is 0.160 e. The van der Waals surface area contributed by atoms with E-state index in [4.69, 9.17) is 14.4 Å². The average molecular weight is 729 g/mol. The molecule has 12 aromatic rings. The minimum absolute atomic E-state index is 0.656. The molecule has 0 saturated carbocycles. The van der Waals surface area contributed by atoms with Gasteiger partial charge in [-0.15, -0.1) is 0 Å². The molecule has 0 unspecified atom stereocenters. The van der Waals surface area contributed by atoms with Crippen LogP contribution in [0.1, 0.15) is 0 Å². The molecule has 0 atom stereocenters. The molecule has 4 heterocycles. The Morgan fingerprint density at radius 1 is 0.368 bits per heavy atom. The second kappa shape index (κ2) is 12.4. The van der Waals surface area contributed by atoms with Gasteiger partial charge in [0.05, 0.1) is 44.8 Å². The van der Waals surface area contributed by atoms with E-state index >= 15 is 0 Å². The normalized spacial score (nSPS) is 11.9. The Kier molecular flexibility index (Phi) is 6.86. The van der Waals surface area contributed by atoms with Gasteiger partial charge in [-0.3, -0.25) is 0 Å². The summed E-state index contributed by atoms with van der Waals surface area (Å²) in [6.07, 6.45) is 0. The number of hydrogen-bond donors (Lipinski definition) is 0. The Bertz CT molecular complexity index is 3360. The van der Waals surface area contributed by atoms with Gasteiger partial charge in [0.25, 0.3) is 0 Å². The highest BCUT2D eigenvalue weighted by Gasteiger charge is 2.28. The van der Waals surface area contributed by atoms with Gasteiger partial charge in [-0.05, 0) is 36.4 Å². The van der Waals surface area contributed by atoms with E-state index in [-0.39, 0.29) is 0 Å². The second-order valence-corrected chi connectivity index (χ2v) is 14.5. The number of aromatic nitrogens is 4. The summed E-state index contributed by atoms with van der Waals surface area (Å²) in [5.41, 5.74) is 12.6. The fourth-order valence-corrected chi connectivity index (χ4v) is 8.90. The Labute approximate surface area is 327 Å². The van der Waals surface area contributed by atoms with Crippen LogP contribution in [0.25, 0.3) is 111 Å². The number of benzene rings is 8. The molecule has 12 rings (SSSR count). The highest BCUT2D eigenvalue weighted by Crippen LogP contribution is 2.48. The first kappa shape index (κ1) is 31.6. The van der Waals surface area contributed by atoms with Crippen LogP contribution in [0.4, 0.5) is 0 Å². The molecular formula is C52H32N4O. The van der Waals surface area contributed by atoms with E-state index in [0.29, 0.717) is 5.82 Å². The van der Waals surface area contributed by atoms with Crippen molar-refractivity contribution in [2.45, 2.75) is 0 Å². The topological polar surface area (TPSA) is 48.8 Å². The third kappa shape index (κ3) is 4.76. The van der Waals surface area contributed by atoms with Gasteiger partial charge in [0, 0.05) is 55.1 Å². The molecule has 5 nitrogen and oxygen atoms in total. The third-order valence-electron chi connectivity index (χ3n) is 11.3. The number of furan rings is 1. The zero-order valence-electron chi connectivity index (χ0n) is 30.7. The molecule has 0 amide bonds. The number of para-hydroxylation sites is 5. The molecule has 57 heavy (non-hydrogen) atoms. The van der Waals surface area contributed by atoms with Crippen molar-refractivity contribution in [2.75, 3.05) is 0 Å². The fraction of sp³-hybridized carbons (Fsp3) is 0. The number of fused-ring (bicyclic) bond motifs is 9. The standard InChI is InChI=1S/C52H32N4O/c1-3-17-33(18-4-1)40-31-41(54-52(53-40)34-19-5-2-6-20-34)50-49-39-25-11-16-30-47(39)57-48(49)32-46(55-42-26-12-7-21-35(42)36-22-8-13-27-43(36)55)51(50)56-44-28-14-9-23-37(44)38-24-10-15-29-45(38)56/h1-32H. The molecule has 0 aliphatic heterocycles. The summed E-state index contributed by atoms with van der Waals surface area (Å²) in [5, 5.41) is 6.77. The van der Waals surface area contributed by atoms with Gasteiger partial charge in [-0.25, -0.2) is 9.97 Å². The molecule has 8 aromatic carbocycles. The summed E-state index contributed by atoms with van der Waals surface area (Å²) < 4.78 is 11.8. The summed E-state index contributed by atoms with van der Waals surface area (Å²) in [7, 11) is 0. The Hall–Kier alpha value is -7.76. The highest BCUT2D eigenvalue weighted by atomic mass is 16.3. The molecule has 0 radical (unpaired) electrons. The van der Waals surface area contributed by atoms with E-state index in [1.54, 1.807) is 0 Å². The number of hydrogen-bond acceptors (Lipinski definition) is 3. The summed E-state index contributed by atoms with van der Waals surface area (Å²) in [6.45, 7) is 0. The van der Waals surface area contributed by atoms with Crippen molar-refractivity contribution >= 4 is 65.6 Å². The first-order chi connectivity index (χ1) is 28.3. The minimum atomic E-state index is 0.656. The molecule has 266 valence electrons. The SMILES string of the molecule is c1ccc(-c2cc(-c3c(-n4c5ccccc5c5ccccc54)c(-n4c5ccccc5c5ccccc54)cc4oc5ccccc5c34)nc(-c3ccccc3)n2)cc1. The van der Waals surface area contributed by atoms with E-state index < -0.39 is 0 Å². The Morgan fingerprint density at radius 2 is 0.825 bits per heavy atom. The lowest BCUT2D eigenvalue weighted by Crippen LogP contribution is -2.07. The molecule has 0 bridgehead atoms. The molecule has 0 fully saturated rings. The molecule has 0 aliphatic carbocycles. The van der Waals surface area contributed by atoms with Crippen LogP contribution in [0.2, 0.25) is 0 Å². The van der Waals surface area contributed by atoms with Crippen molar-refractivity contribution in [1.29, 1.82) is 0 Å². The quantitative estimate of drug-likeness (QED) is 0.177. The maximum absolute atomic E-state index is 6.89. The maximum atomic E-state index is 6.89. The Morgan fingerprint density at radius 3 is 1.40 bits per heavy atom. The third-order valence-corrected chi connectivity index (χ3v) is 11.3. The van der Waals surface area contributed by atoms with Gasteiger partial charge in [-0.1, -0.05) is 152 Å². The molecular weight excluding hydrogens is 697 g/mol. The van der Waals surface area contributed by atoms with Gasteiger partial charge in [0.1, 0.15) is 11.2 Å². The lowest BCUT2D eigenvalue weighted by molar-refractivity contribution is 0.668. The number of nitrogens with zero attached hydrogens (tertiary/aromatic N) is 4. The van der Waals surface area contributed by atoms with Gasteiger partial charge >= 0.3 is 0 Å². The fourth-order valence-electron chi connectivity index (χ4n) is 8.90. The summed E-state index contributed by atoms with van der Waals surface area (Å²) >= 11 is 0. The summed E-state index contributed by atoms with van der Waals surface area (Å²) in [4.78, 5) is 10.8. The van der Waals surface area contributed by atoms with Crippen molar-refractivity contribution < 1.29 is 4.42 Å². The van der Waals surface area contributed by atoms with Gasteiger partial charge in [0.2, 0.25) is 0 Å². The van der Waals surface area contributed by atoms with Crippen LogP contribution in [-0.4, -0.2) is 19.1 Å². The van der Waals surface area contributed by atoms with E-state index in [0.717, 1.165) is 83.5 Å². The second-order valence-electron chi connectivity index (χ2n) is 14.5. The van der Waals surface area contributed by atoms with E-state index in [1.807, 2.05) is 30.3 Å². The zero-order valence-corrected chi connectivity index (χ0v) is 30.7. The van der Waals surface area contributed by atoms with Crippen molar-refractivity contribution in [3.8, 4) is 45.3 Å². The lowest BCUT2D eigenvalue weighted by Gasteiger charge is -2.22. The largest absolute Gasteiger partial charge is 0.456 e. The van der Waals surface area contributed by atoms with Crippen LogP contribution in [0, 0.1) is 0 Å². The monoisotopic (exact) mass is 728 g/mol. The molecule has 0 saturated heterocycles. The van der Waals surface area contributed by atoms with Crippen LogP contribution < -0.4 is 0 Å². The summed E-state index contributed by atoms with van der Waals surface area (Å²) in [5.74, 6) is 0.656. The maximum Gasteiger partial charge on any atom is 0.160 e. The number of rotatable bonds is 5. The first-order valence-corrected chi connectivity index (χ1v) is 19.3. The average Bonchev–Trinajstić information content (AvgIpc) is 3.94. The molecule has 5 heteroatoms. The summed E-state index contributed by atoms with van der Waals surface area (Å²) in [6, 6.07) is 68.3.